The molecule has 4 saturated carbocycles. The molecule has 4 fully saturated rings. The van der Waals surface area contributed by atoms with Crippen LogP contribution in [0, 0.1) is 29.6 Å². The third-order valence-electron chi connectivity index (χ3n) is 8.45. The molecule has 2 atom stereocenters. The number of nitrogens with one attached hydrogen (secondary N) is 2. The maximum atomic E-state index is 13.1. The summed E-state index contributed by atoms with van der Waals surface area (Å²) in [6.07, 6.45) is 8.09. The Hall–Kier alpha value is -2.37. The van der Waals surface area contributed by atoms with Gasteiger partial charge < -0.3 is 15.4 Å². The highest BCUT2D eigenvalue weighted by atomic mass is 16.5. The molecule has 6 nitrogen and oxygen atoms in total. The van der Waals surface area contributed by atoms with E-state index < -0.39 is 18.1 Å². The van der Waals surface area contributed by atoms with Crippen molar-refractivity contribution in [3.8, 4) is 0 Å². The average molecular weight is 469 g/mol. The van der Waals surface area contributed by atoms with Crippen LogP contribution in [0.25, 0.3) is 0 Å². The quantitative estimate of drug-likeness (QED) is 0.560. The van der Waals surface area contributed by atoms with Gasteiger partial charge in [-0.25, -0.2) is 4.79 Å². The molecule has 4 aliphatic rings. The van der Waals surface area contributed by atoms with Crippen LogP contribution in [-0.2, 0) is 19.7 Å². The van der Waals surface area contributed by atoms with Crippen molar-refractivity contribution >= 4 is 17.8 Å². The molecule has 1 aromatic rings. The van der Waals surface area contributed by atoms with Crippen LogP contribution >= 0.6 is 0 Å². The lowest BCUT2D eigenvalue weighted by atomic mass is 9.48. The number of benzene rings is 1. The highest BCUT2D eigenvalue weighted by molar-refractivity contribution is 5.98. The Morgan fingerprint density at radius 3 is 1.76 bits per heavy atom. The first-order chi connectivity index (χ1) is 16.1. The summed E-state index contributed by atoms with van der Waals surface area (Å²) in [6.45, 7) is 7.44. The molecule has 0 aliphatic heterocycles. The van der Waals surface area contributed by atoms with Gasteiger partial charge in [-0.1, -0.05) is 39.8 Å². The van der Waals surface area contributed by atoms with E-state index in [2.05, 4.69) is 22.8 Å². The highest BCUT2D eigenvalue weighted by Gasteiger charge is 2.51. The zero-order valence-electron chi connectivity index (χ0n) is 21.2. The topological polar surface area (TPSA) is 84.5 Å². The normalized spacial score (nSPS) is 29.1. The van der Waals surface area contributed by atoms with E-state index in [0.717, 1.165) is 17.8 Å². The SMILES string of the molecule is COC(=O)[C@H](NC(=O)[C@H](NC(=O)c1ccc(C23CC4CC(CC(C4)C2)C3)cc1)C(C)C)C(C)C. The van der Waals surface area contributed by atoms with Crippen LogP contribution < -0.4 is 10.6 Å². The summed E-state index contributed by atoms with van der Waals surface area (Å²) in [5, 5.41) is 5.65. The lowest BCUT2D eigenvalue weighted by molar-refractivity contribution is -0.146. The van der Waals surface area contributed by atoms with Gasteiger partial charge >= 0.3 is 5.97 Å². The maximum absolute atomic E-state index is 13.1. The molecule has 0 aromatic heterocycles. The molecule has 0 unspecified atom stereocenters. The Labute approximate surface area is 203 Å². The monoisotopic (exact) mass is 468 g/mol. The highest BCUT2D eigenvalue weighted by Crippen LogP contribution is 2.60. The van der Waals surface area contributed by atoms with Gasteiger partial charge in [0.2, 0.25) is 5.91 Å². The van der Waals surface area contributed by atoms with Crippen LogP contribution in [0.1, 0.15) is 82.1 Å². The Morgan fingerprint density at radius 1 is 0.824 bits per heavy atom. The van der Waals surface area contributed by atoms with Gasteiger partial charge in [-0.2, -0.15) is 0 Å². The second-order valence-corrected chi connectivity index (χ2v) is 11.7. The van der Waals surface area contributed by atoms with Crippen molar-refractivity contribution in [1.82, 2.24) is 10.6 Å². The molecule has 6 heteroatoms. The molecule has 2 N–H and O–H groups in total. The van der Waals surface area contributed by atoms with E-state index in [0.29, 0.717) is 11.0 Å². The fraction of sp³-hybridized carbons (Fsp3) is 0.679. The van der Waals surface area contributed by atoms with Crippen LogP contribution in [0.5, 0.6) is 0 Å². The molecular formula is C28H40N2O4. The average Bonchev–Trinajstić information content (AvgIpc) is 2.79. The third-order valence-corrected chi connectivity index (χ3v) is 8.45. The molecule has 0 heterocycles. The summed E-state index contributed by atoms with van der Waals surface area (Å²) >= 11 is 0. The van der Waals surface area contributed by atoms with Crippen molar-refractivity contribution in [2.45, 2.75) is 83.7 Å². The number of hydrogen-bond acceptors (Lipinski definition) is 4. The molecule has 186 valence electrons. The first-order valence-corrected chi connectivity index (χ1v) is 12.9. The molecule has 2 amide bonds. The second kappa shape index (κ2) is 9.71. The fourth-order valence-corrected chi connectivity index (χ4v) is 7.07. The maximum Gasteiger partial charge on any atom is 0.328 e. The fourth-order valence-electron chi connectivity index (χ4n) is 7.07. The summed E-state index contributed by atoms with van der Waals surface area (Å²) in [4.78, 5) is 38.1. The van der Waals surface area contributed by atoms with Crippen LogP contribution in [0.4, 0.5) is 0 Å². The predicted molar refractivity (Wildman–Crippen MR) is 131 cm³/mol. The van der Waals surface area contributed by atoms with Gasteiger partial charge in [-0.3, -0.25) is 9.59 Å². The van der Waals surface area contributed by atoms with Gasteiger partial charge in [-0.05, 0) is 91.2 Å². The number of carbonyl (C=O) groups is 3. The van der Waals surface area contributed by atoms with Crippen LogP contribution in [0.15, 0.2) is 24.3 Å². The van der Waals surface area contributed by atoms with Gasteiger partial charge in [-0.15, -0.1) is 0 Å². The van der Waals surface area contributed by atoms with Gasteiger partial charge in [0.1, 0.15) is 12.1 Å². The number of rotatable bonds is 8. The first kappa shape index (κ1) is 24.7. The van der Waals surface area contributed by atoms with Gasteiger partial charge in [0.25, 0.3) is 5.91 Å². The minimum Gasteiger partial charge on any atom is -0.467 e. The zero-order chi connectivity index (χ0) is 24.6. The predicted octanol–water partition coefficient (Wildman–Crippen LogP) is 4.22. The van der Waals surface area contributed by atoms with E-state index >= 15 is 0 Å². The molecule has 5 rings (SSSR count). The lowest BCUT2D eigenvalue weighted by Gasteiger charge is -2.57. The molecule has 0 saturated heterocycles. The third kappa shape index (κ3) is 4.87. The van der Waals surface area contributed by atoms with Crippen molar-refractivity contribution in [2.24, 2.45) is 29.6 Å². The van der Waals surface area contributed by atoms with Crippen LogP contribution in [0.2, 0.25) is 0 Å². The van der Waals surface area contributed by atoms with Crippen LogP contribution in [-0.4, -0.2) is 37.0 Å². The van der Waals surface area contributed by atoms with E-state index in [1.165, 1.54) is 51.2 Å². The minimum atomic E-state index is -0.754. The Bertz CT molecular complexity index is 886. The molecule has 0 spiro atoms. The van der Waals surface area contributed by atoms with Gasteiger partial charge in [0, 0.05) is 5.56 Å². The summed E-state index contributed by atoms with van der Waals surface area (Å²) in [5.41, 5.74) is 2.23. The Morgan fingerprint density at radius 2 is 1.32 bits per heavy atom. The van der Waals surface area contributed by atoms with Crippen molar-refractivity contribution in [3.05, 3.63) is 35.4 Å². The molecule has 1 aromatic carbocycles. The summed E-state index contributed by atoms with van der Waals surface area (Å²) in [5.74, 6) is 1.22. The van der Waals surface area contributed by atoms with Gasteiger partial charge in [0.15, 0.2) is 0 Å². The second-order valence-electron chi connectivity index (χ2n) is 11.7. The molecule has 0 radical (unpaired) electrons. The minimum absolute atomic E-state index is 0.128. The van der Waals surface area contributed by atoms with Crippen LogP contribution in [0.3, 0.4) is 0 Å². The zero-order valence-corrected chi connectivity index (χ0v) is 21.2. The molecule has 4 bridgehead atoms. The number of ether oxygens (including phenoxy) is 1. The lowest BCUT2D eigenvalue weighted by Crippen LogP contribution is -2.55. The molecule has 4 aliphatic carbocycles. The standard InChI is InChI=1S/C28H40N2O4/c1-16(2)23(26(32)30-24(17(3)4)27(33)34-5)29-25(31)21-6-8-22(9-7-21)28-13-18-10-19(14-28)12-20(11-18)15-28/h6-9,16-20,23-24H,10-15H2,1-5H3,(H,29,31)(H,30,32)/t18?,19?,20?,23-,24-,28?/m1/s1. The smallest absolute Gasteiger partial charge is 0.328 e. The van der Waals surface area contributed by atoms with Crippen molar-refractivity contribution in [1.29, 1.82) is 0 Å². The summed E-state index contributed by atoms with van der Waals surface area (Å²) in [7, 11) is 1.30. The number of amides is 2. The van der Waals surface area contributed by atoms with Crippen molar-refractivity contribution in [2.75, 3.05) is 7.11 Å². The van der Waals surface area contributed by atoms with E-state index in [-0.39, 0.29) is 23.7 Å². The molecular weight excluding hydrogens is 428 g/mol. The van der Waals surface area contributed by atoms with Crippen molar-refractivity contribution in [3.63, 3.8) is 0 Å². The summed E-state index contributed by atoms with van der Waals surface area (Å²) < 4.78 is 4.82. The van der Waals surface area contributed by atoms with E-state index in [1.807, 2.05) is 39.8 Å². The number of hydrogen-bond donors (Lipinski definition) is 2. The van der Waals surface area contributed by atoms with Gasteiger partial charge in [0.05, 0.1) is 7.11 Å². The number of carbonyl (C=O) groups excluding carboxylic acids is 3. The summed E-state index contributed by atoms with van der Waals surface area (Å²) in [6, 6.07) is 6.58. The Balaban J connectivity index is 1.44. The Kier molecular flexibility index (Phi) is 7.07. The molecule has 34 heavy (non-hydrogen) atoms. The van der Waals surface area contributed by atoms with E-state index in [1.54, 1.807) is 0 Å². The van der Waals surface area contributed by atoms with E-state index in [4.69, 9.17) is 4.74 Å². The number of methoxy groups -OCH3 is 1. The van der Waals surface area contributed by atoms with E-state index in [9.17, 15) is 14.4 Å². The largest absolute Gasteiger partial charge is 0.467 e. The first-order valence-electron chi connectivity index (χ1n) is 12.9. The number of esters is 1. The van der Waals surface area contributed by atoms with Crippen molar-refractivity contribution < 1.29 is 19.1 Å².